The lowest BCUT2D eigenvalue weighted by Crippen LogP contribution is -2.14. The summed E-state index contributed by atoms with van der Waals surface area (Å²) in [5, 5.41) is 4.60. The largest absolute Gasteiger partial charge is 0.328 e. The van der Waals surface area contributed by atoms with Crippen LogP contribution in [0.1, 0.15) is 38.8 Å². The average molecular weight is 250 g/mol. The van der Waals surface area contributed by atoms with Gasteiger partial charge in [-0.2, -0.15) is 5.10 Å². The lowest BCUT2D eigenvalue weighted by Gasteiger charge is -2.11. The first kappa shape index (κ1) is 11.0. The molecule has 2 aromatic heterocycles. The first-order valence-electron chi connectivity index (χ1n) is 6.24. The van der Waals surface area contributed by atoms with E-state index in [1.165, 1.54) is 12.8 Å². The molecule has 1 N–H and O–H groups in total. The van der Waals surface area contributed by atoms with Gasteiger partial charge in [0.05, 0.1) is 5.69 Å². The van der Waals surface area contributed by atoms with Gasteiger partial charge in [-0.15, -0.1) is 0 Å². The fraction of sp³-hybridized carbons (Fsp3) is 0.667. The molecule has 92 valence electrons. The first-order chi connectivity index (χ1) is 8.07. The molecule has 0 bridgehead atoms. The van der Waals surface area contributed by atoms with E-state index < -0.39 is 0 Å². The summed E-state index contributed by atoms with van der Waals surface area (Å²) in [7, 11) is 2.01. The molecular weight excluding hydrogens is 232 g/mol. The Balaban J connectivity index is 2.30. The Labute approximate surface area is 106 Å². The fourth-order valence-corrected chi connectivity index (χ4v) is 2.94. The zero-order valence-electron chi connectivity index (χ0n) is 10.6. The number of hydrogen-bond acceptors (Lipinski definition) is 2. The van der Waals surface area contributed by atoms with Gasteiger partial charge in [-0.05, 0) is 38.4 Å². The molecule has 0 aromatic carbocycles. The highest BCUT2D eigenvalue weighted by molar-refractivity contribution is 7.71. The molecule has 4 nitrogen and oxygen atoms in total. The number of fused-ring (bicyclic) bond motifs is 1. The van der Waals surface area contributed by atoms with Crippen LogP contribution in [-0.2, 0) is 19.0 Å². The maximum atomic E-state index is 5.46. The molecule has 2 aromatic rings. The molecule has 0 atom stereocenters. The Morgan fingerprint density at radius 3 is 2.76 bits per heavy atom. The quantitative estimate of drug-likeness (QED) is 0.851. The number of aryl methyl sites for hydroxylation is 2. The third kappa shape index (κ3) is 1.48. The van der Waals surface area contributed by atoms with Crippen LogP contribution in [0.3, 0.4) is 0 Å². The minimum absolute atomic E-state index is 0.215. The van der Waals surface area contributed by atoms with E-state index in [4.69, 9.17) is 12.2 Å². The summed E-state index contributed by atoms with van der Waals surface area (Å²) < 4.78 is 5.06. The van der Waals surface area contributed by atoms with Gasteiger partial charge in [0, 0.05) is 12.6 Å². The van der Waals surface area contributed by atoms with Gasteiger partial charge in [-0.25, -0.2) is 0 Å². The van der Waals surface area contributed by atoms with E-state index in [0.717, 1.165) is 34.5 Å². The molecule has 17 heavy (non-hydrogen) atoms. The summed E-state index contributed by atoms with van der Waals surface area (Å²) in [5.74, 6) is 0. The van der Waals surface area contributed by atoms with Crippen molar-refractivity contribution in [1.29, 1.82) is 0 Å². The van der Waals surface area contributed by atoms with Crippen molar-refractivity contribution in [1.82, 2.24) is 19.3 Å². The van der Waals surface area contributed by atoms with Crippen molar-refractivity contribution < 1.29 is 0 Å². The van der Waals surface area contributed by atoms with Crippen LogP contribution in [0.25, 0.3) is 11.2 Å². The van der Waals surface area contributed by atoms with Crippen LogP contribution >= 0.6 is 12.2 Å². The number of aromatic amines is 1. The highest BCUT2D eigenvalue weighted by Crippen LogP contribution is 2.45. The van der Waals surface area contributed by atoms with E-state index in [1.807, 2.05) is 11.7 Å². The normalized spacial score (nSPS) is 17.8. The predicted octanol–water partition coefficient (Wildman–Crippen LogP) is 2.89. The van der Waals surface area contributed by atoms with Crippen LogP contribution in [0.2, 0.25) is 0 Å². The van der Waals surface area contributed by atoms with Crippen LogP contribution < -0.4 is 0 Å². The SMILES string of the molecule is CCCc1nn(C)c2c1[nH]c(=S)n2C1(C)CC1. The number of nitrogens with zero attached hydrogens (tertiary/aromatic N) is 3. The van der Waals surface area contributed by atoms with Crippen molar-refractivity contribution >= 4 is 23.4 Å². The summed E-state index contributed by atoms with van der Waals surface area (Å²) >= 11 is 5.46. The Morgan fingerprint density at radius 1 is 1.47 bits per heavy atom. The molecule has 0 spiro atoms. The van der Waals surface area contributed by atoms with Crippen molar-refractivity contribution in [3.8, 4) is 0 Å². The molecule has 1 aliphatic carbocycles. The van der Waals surface area contributed by atoms with Gasteiger partial charge in [-0.3, -0.25) is 9.25 Å². The molecule has 1 aliphatic rings. The standard InChI is InChI=1S/C12H18N4S/c1-4-5-8-9-10(15(3)14-8)16(11(17)13-9)12(2)6-7-12/h4-7H2,1-3H3,(H,13,17). The van der Waals surface area contributed by atoms with E-state index in [1.54, 1.807) is 0 Å². The van der Waals surface area contributed by atoms with Gasteiger partial charge in [0.1, 0.15) is 5.52 Å². The van der Waals surface area contributed by atoms with Gasteiger partial charge in [-0.1, -0.05) is 13.3 Å². The summed E-state index contributed by atoms with van der Waals surface area (Å²) in [5.41, 5.74) is 3.64. The van der Waals surface area contributed by atoms with Crippen molar-refractivity contribution in [2.45, 2.75) is 45.1 Å². The van der Waals surface area contributed by atoms with Gasteiger partial charge in [0.25, 0.3) is 0 Å². The van der Waals surface area contributed by atoms with Gasteiger partial charge < -0.3 is 4.98 Å². The Morgan fingerprint density at radius 2 is 2.18 bits per heavy atom. The maximum Gasteiger partial charge on any atom is 0.179 e. The van der Waals surface area contributed by atoms with Crippen molar-refractivity contribution in [3.63, 3.8) is 0 Å². The topological polar surface area (TPSA) is 38.5 Å². The maximum absolute atomic E-state index is 5.46. The molecule has 0 radical (unpaired) electrons. The Kier molecular flexibility index (Phi) is 2.23. The zero-order valence-corrected chi connectivity index (χ0v) is 11.4. The highest BCUT2D eigenvalue weighted by Gasteiger charge is 2.41. The smallest absolute Gasteiger partial charge is 0.179 e. The first-order valence-corrected chi connectivity index (χ1v) is 6.65. The number of rotatable bonds is 3. The van der Waals surface area contributed by atoms with E-state index in [9.17, 15) is 0 Å². The minimum atomic E-state index is 0.215. The number of aromatic nitrogens is 4. The van der Waals surface area contributed by atoms with E-state index in [0.29, 0.717) is 0 Å². The summed E-state index contributed by atoms with van der Waals surface area (Å²) in [6.07, 6.45) is 4.53. The zero-order chi connectivity index (χ0) is 12.2. The van der Waals surface area contributed by atoms with Crippen molar-refractivity contribution in [2.24, 2.45) is 7.05 Å². The van der Waals surface area contributed by atoms with Gasteiger partial charge >= 0.3 is 0 Å². The minimum Gasteiger partial charge on any atom is -0.328 e. The molecule has 3 rings (SSSR count). The van der Waals surface area contributed by atoms with E-state index >= 15 is 0 Å². The number of H-pyrrole nitrogens is 1. The second-order valence-electron chi connectivity index (χ2n) is 5.28. The van der Waals surface area contributed by atoms with Crippen LogP contribution in [0.4, 0.5) is 0 Å². The van der Waals surface area contributed by atoms with Crippen LogP contribution in [0.5, 0.6) is 0 Å². The van der Waals surface area contributed by atoms with Crippen LogP contribution in [0, 0.1) is 4.77 Å². The molecule has 0 aliphatic heterocycles. The van der Waals surface area contributed by atoms with Crippen molar-refractivity contribution in [3.05, 3.63) is 10.5 Å². The molecule has 5 heteroatoms. The third-order valence-electron chi connectivity index (χ3n) is 3.74. The van der Waals surface area contributed by atoms with E-state index in [-0.39, 0.29) is 5.54 Å². The molecule has 1 saturated carbocycles. The predicted molar refractivity (Wildman–Crippen MR) is 70.8 cm³/mol. The Bertz CT molecular complexity index is 627. The summed E-state index contributed by atoms with van der Waals surface area (Å²) in [6, 6.07) is 0. The number of hydrogen-bond donors (Lipinski definition) is 1. The Hall–Kier alpha value is -1.10. The van der Waals surface area contributed by atoms with Crippen LogP contribution in [0.15, 0.2) is 0 Å². The second kappa shape index (κ2) is 3.45. The lowest BCUT2D eigenvalue weighted by atomic mass is 10.2. The summed E-state index contributed by atoms with van der Waals surface area (Å²) in [4.78, 5) is 3.34. The molecular formula is C12H18N4S. The van der Waals surface area contributed by atoms with Gasteiger partial charge in [0.15, 0.2) is 10.4 Å². The summed E-state index contributed by atoms with van der Waals surface area (Å²) in [6.45, 7) is 4.44. The van der Waals surface area contributed by atoms with Crippen LogP contribution in [-0.4, -0.2) is 19.3 Å². The second-order valence-corrected chi connectivity index (χ2v) is 5.67. The van der Waals surface area contributed by atoms with E-state index in [2.05, 4.69) is 28.5 Å². The van der Waals surface area contributed by atoms with Crippen molar-refractivity contribution in [2.75, 3.05) is 0 Å². The number of nitrogens with one attached hydrogen (secondary N) is 1. The molecule has 2 heterocycles. The molecule has 1 fully saturated rings. The molecule has 0 amide bonds. The molecule has 0 unspecified atom stereocenters. The monoisotopic (exact) mass is 250 g/mol. The molecule has 0 saturated heterocycles. The fourth-order valence-electron chi connectivity index (χ4n) is 2.53. The average Bonchev–Trinajstić information content (AvgIpc) is 2.79. The number of imidazole rings is 1. The third-order valence-corrected chi connectivity index (χ3v) is 4.02. The lowest BCUT2D eigenvalue weighted by molar-refractivity contribution is 0.526. The highest BCUT2D eigenvalue weighted by atomic mass is 32.1. The van der Waals surface area contributed by atoms with Gasteiger partial charge in [0.2, 0.25) is 0 Å².